The summed E-state index contributed by atoms with van der Waals surface area (Å²) in [7, 11) is 0. The first-order valence-electron chi connectivity index (χ1n) is 8.16. The second-order valence-electron chi connectivity index (χ2n) is 6.56. The first-order chi connectivity index (χ1) is 11.4. The molecule has 126 valence electrons. The Hall–Kier alpha value is -2.21. The predicted molar refractivity (Wildman–Crippen MR) is 98.7 cm³/mol. The van der Waals surface area contributed by atoms with Gasteiger partial charge in [0.25, 0.3) is 0 Å². The highest BCUT2D eigenvalue weighted by molar-refractivity contribution is 7.15. The lowest BCUT2D eigenvalue weighted by atomic mass is 10.0. The molecule has 24 heavy (non-hydrogen) atoms. The first kappa shape index (κ1) is 16.6. The molecule has 0 aliphatic heterocycles. The zero-order chi connectivity index (χ0) is 17.3. The van der Waals surface area contributed by atoms with Crippen molar-refractivity contribution in [3.8, 4) is 0 Å². The maximum absolute atomic E-state index is 12.3. The summed E-state index contributed by atoms with van der Waals surface area (Å²) in [6.07, 6.45) is 1.95. The number of fused-ring (bicyclic) bond motifs is 1. The topological polar surface area (TPSA) is 59.8 Å². The van der Waals surface area contributed by atoms with E-state index in [1.165, 1.54) is 16.9 Å². The average Bonchev–Trinajstić information content (AvgIpc) is 3.14. The molecule has 0 fully saturated rings. The Kier molecular flexibility index (Phi) is 4.66. The van der Waals surface area contributed by atoms with Gasteiger partial charge in [-0.3, -0.25) is 10.1 Å². The Morgan fingerprint density at radius 3 is 2.62 bits per heavy atom. The standard InChI is InChI=1S/C18H22N4OS/c1-11(2)13-5-6-15-14(9-13)7-8-22(15)10-16(23)19-18-21-20-17(24-18)12(3)4/h5-9,11-12H,10H2,1-4H3,(H,19,21,23). The number of carbonyl (C=O) groups excluding carboxylic acids is 1. The molecule has 0 aliphatic rings. The number of nitrogens with one attached hydrogen (secondary N) is 1. The summed E-state index contributed by atoms with van der Waals surface area (Å²) in [5, 5.41) is 13.6. The van der Waals surface area contributed by atoms with Crippen molar-refractivity contribution in [3.05, 3.63) is 41.0 Å². The molecule has 1 aromatic carbocycles. The Balaban J connectivity index is 1.73. The van der Waals surface area contributed by atoms with Gasteiger partial charge in [0, 0.05) is 17.6 Å². The highest BCUT2D eigenvalue weighted by atomic mass is 32.1. The number of carbonyl (C=O) groups is 1. The Morgan fingerprint density at radius 2 is 1.96 bits per heavy atom. The molecule has 1 N–H and O–H groups in total. The number of nitrogens with zero attached hydrogens (tertiary/aromatic N) is 3. The molecule has 0 spiro atoms. The van der Waals surface area contributed by atoms with E-state index in [1.54, 1.807) is 0 Å². The second kappa shape index (κ2) is 6.73. The van der Waals surface area contributed by atoms with Crippen LogP contribution in [0, 0.1) is 0 Å². The third-order valence-corrected chi connectivity index (χ3v) is 5.10. The van der Waals surface area contributed by atoms with Crippen LogP contribution in [-0.2, 0) is 11.3 Å². The van der Waals surface area contributed by atoms with E-state index in [0.717, 1.165) is 15.9 Å². The van der Waals surface area contributed by atoms with Crippen LogP contribution in [0.4, 0.5) is 5.13 Å². The van der Waals surface area contributed by atoms with Gasteiger partial charge < -0.3 is 4.57 Å². The minimum Gasteiger partial charge on any atom is -0.338 e. The normalized spacial score (nSPS) is 11.6. The molecule has 1 amide bonds. The van der Waals surface area contributed by atoms with Crippen molar-refractivity contribution in [3.63, 3.8) is 0 Å². The van der Waals surface area contributed by atoms with Crippen LogP contribution in [0.3, 0.4) is 0 Å². The van der Waals surface area contributed by atoms with Gasteiger partial charge in [-0.25, -0.2) is 0 Å². The number of hydrogen-bond acceptors (Lipinski definition) is 4. The minimum atomic E-state index is -0.0908. The first-order valence-corrected chi connectivity index (χ1v) is 8.97. The van der Waals surface area contributed by atoms with E-state index in [9.17, 15) is 4.79 Å². The molecule has 0 saturated heterocycles. The summed E-state index contributed by atoms with van der Waals surface area (Å²) in [4.78, 5) is 12.3. The lowest BCUT2D eigenvalue weighted by molar-refractivity contribution is -0.116. The van der Waals surface area contributed by atoms with Crippen molar-refractivity contribution in [1.29, 1.82) is 0 Å². The van der Waals surface area contributed by atoms with Gasteiger partial charge in [-0.05, 0) is 35.1 Å². The van der Waals surface area contributed by atoms with Gasteiger partial charge in [-0.2, -0.15) is 0 Å². The Bertz CT molecular complexity index is 863. The van der Waals surface area contributed by atoms with Crippen LogP contribution in [0.15, 0.2) is 30.5 Å². The molecular formula is C18H22N4OS. The van der Waals surface area contributed by atoms with Gasteiger partial charge in [-0.15, -0.1) is 10.2 Å². The molecule has 0 aliphatic carbocycles. The molecule has 3 rings (SSSR count). The molecule has 0 atom stereocenters. The van der Waals surface area contributed by atoms with Crippen molar-refractivity contribution in [2.45, 2.75) is 46.1 Å². The van der Waals surface area contributed by atoms with Crippen LogP contribution in [0.5, 0.6) is 0 Å². The van der Waals surface area contributed by atoms with Gasteiger partial charge in [0.15, 0.2) is 0 Å². The highest BCUT2D eigenvalue weighted by Gasteiger charge is 2.12. The zero-order valence-corrected chi connectivity index (χ0v) is 15.2. The van der Waals surface area contributed by atoms with E-state index in [2.05, 4.69) is 67.5 Å². The minimum absolute atomic E-state index is 0.0908. The SMILES string of the molecule is CC(C)c1ccc2c(ccn2CC(=O)Nc2nnc(C(C)C)s2)c1. The third-order valence-electron chi connectivity index (χ3n) is 3.96. The van der Waals surface area contributed by atoms with Gasteiger partial charge in [0.1, 0.15) is 11.6 Å². The summed E-state index contributed by atoms with van der Waals surface area (Å²) in [5.41, 5.74) is 2.37. The number of anilines is 1. The van der Waals surface area contributed by atoms with Gasteiger partial charge in [-0.1, -0.05) is 45.1 Å². The summed E-state index contributed by atoms with van der Waals surface area (Å²) >= 11 is 1.43. The molecule has 3 aromatic rings. The fourth-order valence-electron chi connectivity index (χ4n) is 2.55. The Morgan fingerprint density at radius 1 is 1.17 bits per heavy atom. The molecule has 0 radical (unpaired) electrons. The average molecular weight is 342 g/mol. The van der Waals surface area contributed by atoms with E-state index in [-0.39, 0.29) is 12.5 Å². The highest BCUT2D eigenvalue weighted by Crippen LogP contribution is 2.24. The molecule has 0 saturated carbocycles. The van der Waals surface area contributed by atoms with Crippen LogP contribution in [0.2, 0.25) is 0 Å². The van der Waals surface area contributed by atoms with Crippen LogP contribution >= 0.6 is 11.3 Å². The zero-order valence-electron chi connectivity index (χ0n) is 14.4. The fourth-order valence-corrected chi connectivity index (χ4v) is 3.31. The molecule has 5 nitrogen and oxygen atoms in total. The van der Waals surface area contributed by atoms with Crippen LogP contribution < -0.4 is 5.32 Å². The van der Waals surface area contributed by atoms with Crippen molar-refractivity contribution < 1.29 is 4.79 Å². The van der Waals surface area contributed by atoms with Gasteiger partial charge in [0.05, 0.1) is 0 Å². The van der Waals surface area contributed by atoms with E-state index >= 15 is 0 Å². The van der Waals surface area contributed by atoms with E-state index in [4.69, 9.17) is 0 Å². The summed E-state index contributed by atoms with van der Waals surface area (Å²) < 4.78 is 1.96. The predicted octanol–water partition coefficient (Wildman–Crippen LogP) is 4.38. The van der Waals surface area contributed by atoms with Crippen molar-refractivity contribution in [1.82, 2.24) is 14.8 Å². The summed E-state index contributed by atoms with van der Waals surface area (Å²) in [6, 6.07) is 8.45. The number of rotatable bonds is 5. The Labute approximate surface area is 145 Å². The fraction of sp³-hybridized carbons (Fsp3) is 0.389. The summed E-state index contributed by atoms with van der Waals surface area (Å²) in [6.45, 7) is 8.74. The number of amides is 1. The van der Waals surface area contributed by atoms with Crippen molar-refractivity contribution >= 4 is 33.3 Å². The van der Waals surface area contributed by atoms with Gasteiger partial charge >= 0.3 is 0 Å². The molecule has 2 aromatic heterocycles. The maximum Gasteiger partial charge on any atom is 0.246 e. The van der Waals surface area contributed by atoms with Crippen LogP contribution in [0.1, 0.15) is 50.1 Å². The largest absolute Gasteiger partial charge is 0.338 e. The molecule has 6 heteroatoms. The number of hydrogen-bond donors (Lipinski definition) is 1. The van der Waals surface area contributed by atoms with Gasteiger partial charge in [0.2, 0.25) is 11.0 Å². The smallest absolute Gasteiger partial charge is 0.246 e. The van der Waals surface area contributed by atoms with Crippen LogP contribution in [0.25, 0.3) is 10.9 Å². The van der Waals surface area contributed by atoms with E-state index in [0.29, 0.717) is 17.0 Å². The van der Waals surface area contributed by atoms with E-state index in [1.807, 2.05) is 10.8 Å². The van der Waals surface area contributed by atoms with Crippen molar-refractivity contribution in [2.75, 3.05) is 5.32 Å². The van der Waals surface area contributed by atoms with Crippen molar-refractivity contribution in [2.24, 2.45) is 0 Å². The number of benzene rings is 1. The molecule has 2 heterocycles. The van der Waals surface area contributed by atoms with Crippen LogP contribution in [-0.4, -0.2) is 20.7 Å². The number of aromatic nitrogens is 3. The summed E-state index contributed by atoms with van der Waals surface area (Å²) in [5.74, 6) is 0.720. The quantitative estimate of drug-likeness (QED) is 0.748. The lowest BCUT2D eigenvalue weighted by Gasteiger charge is -2.08. The maximum atomic E-state index is 12.3. The lowest BCUT2D eigenvalue weighted by Crippen LogP contribution is -2.18. The molecule has 0 bridgehead atoms. The third kappa shape index (κ3) is 3.48. The second-order valence-corrected chi connectivity index (χ2v) is 7.57. The molecular weight excluding hydrogens is 320 g/mol. The molecule has 0 unspecified atom stereocenters. The monoisotopic (exact) mass is 342 g/mol. The van der Waals surface area contributed by atoms with E-state index < -0.39 is 0 Å².